The number of carbonyl (C=O) groups is 1. The molecule has 2 rings (SSSR count). The van der Waals surface area contributed by atoms with Crippen LogP contribution in [0.2, 0.25) is 0 Å². The summed E-state index contributed by atoms with van der Waals surface area (Å²) in [6.45, 7) is 5.44. The topological polar surface area (TPSA) is 55.6 Å². The first-order valence-electron chi connectivity index (χ1n) is 7.89. The van der Waals surface area contributed by atoms with Crippen LogP contribution >= 0.6 is 0 Å². The molecule has 0 bridgehead atoms. The number of nitrogens with zero attached hydrogens (tertiary/aromatic N) is 1. The predicted octanol–water partition coefficient (Wildman–Crippen LogP) is 3.60. The molecular formula is C19H23FN2O2. The Labute approximate surface area is 142 Å². The van der Waals surface area contributed by atoms with Gasteiger partial charge >= 0.3 is 0 Å². The average molecular weight is 330 g/mol. The first-order valence-corrected chi connectivity index (χ1v) is 7.89. The Morgan fingerprint density at radius 2 is 1.88 bits per heavy atom. The molecule has 0 heterocycles. The number of hydrogen-bond donors (Lipinski definition) is 1. The van der Waals surface area contributed by atoms with Gasteiger partial charge in [0, 0.05) is 19.3 Å². The van der Waals surface area contributed by atoms with Gasteiger partial charge in [0.05, 0.1) is 12.2 Å². The maximum Gasteiger partial charge on any atom is 0.250 e. The monoisotopic (exact) mass is 330 g/mol. The maximum atomic E-state index is 13.3. The molecule has 2 N–H and O–H groups in total. The van der Waals surface area contributed by atoms with Crippen LogP contribution in [0.25, 0.3) is 0 Å². The number of nitrogens with two attached hydrogens (primary N) is 1. The number of amides is 1. The van der Waals surface area contributed by atoms with Crippen LogP contribution in [0.1, 0.15) is 29.8 Å². The fourth-order valence-corrected chi connectivity index (χ4v) is 2.35. The van der Waals surface area contributed by atoms with E-state index < -0.39 is 11.7 Å². The summed E-state index contributed by atoms with van der Waals surface area (Å²) in [6, 6.07) is 11.8. The second-order valence-corrected chi connectivity index (χ2v) is 6.23. The Kier molecular flexibility index (Phi) is 5.79. The quantitative estimate of drug-likeness (QED) is 0.844. The van der Waals surface area contributed by atoms with Crippen molar-refractivity contribution in [2.45, 2.75) is 20.4 Å². The van der Waals surface area contributed by atoms with Gasteiger partial charge in [-0.15, -0.1) is 0 Å². The first-order chi connectivity index (χ1) is 11.4. The first kappa shape index (κ1) is 17.8. The van der Waals surface area contributed by atoms with Crippen LogP contribution in [0.5, 0.6) is 5.75 Å². The van der Waals surface area contributed by atoms with Gasteiger partial charge in [0.15, 0.2) is 0 Å². The van der Waals surface area contributed by atoms with Gasteiger partial charge in [0.1, 0.15) is 11.6 Å². The van der Waals surface area contributed by atoms with Crippen LogP contribution in [-0.4, -0.2) is 19.6 Å². The molecule has 2 aromatic rings. The molecule has 2 aromatic carbocycles. The van der Waals surface area contributed by atoms with Gasteiger partial charge in [0.25, 0.3) is 5.91 Å². The van der Waals surface area contributed by atoms with E-state index in [2.05, 4.69) is 13.8 Å². The molecule has 0 saturated carbocycles. The number of carbonyl (C=O) groups excluding carboxylic acids is 1. The highest BCUT2D eigenvalue weighted by atomic mass is 19.1. The third-order valence-corrected chi connectivity index (χ3v) is 3.56. The van der Waals surface area contributed by atoms with Gasteiger partial charge < -0.3 is 15.4 Å². The average Bonchev–Trinajstić information content (AvgIpc) is 2.53. The van der Waals surface area contributed by atoms with Gasteiger partial charge in [0.2, 0.25) is 0 Å². The summed E-state index contributed by atoms with van der Waals surface area (Å²) in [5.41, 5.74) is 7.17. The zero-order chi connectivity index (χ0) is 17.7. The van der Waals surface area contributed by atoms with Crippen LogP contribution < -0.4 is 15.4 Å². The highest BCUT2D eigenvalue weighted by Gasteiger charge is 2.13. The SMILES string of the molecule is CC(C)COc1ccc(CN(C)c2ccc(F)cc2C(N)=O)cc1. The molecule has 0 fully saturated rings. The van der Waals surface area contributed by atoms with Crippen molar-refractivity contribution in [2.75, 3.05) is 18.6 Å². The van der Waals surface area contributed by atoms with Crippen molar-refractivity contribution < 1.29 is 13.9 Å². The zero-order valence-electron chi connectivity index (χ0n) is 14.3. The van der Waals surface area contributed by atoms with Crippen molar-refractivity contribution in [3.05, 3.63) is 59.4 Å². The van der Waals surface area contributed by atoms with Gasteiger partial charge in [-0.05, 0) is 41.8 Å². The molecule has 4 nitrogen and oxygen atoms in total. The number of primary amides is 1. The van der Waals surface area contributed by atoms with Crippen molar-refractivity contribution in [3.63, 3.8) is 0 Å². The van der Waals surface area contributed by atoms with Crippen LogP contribution in [0.4, 0.5) is 10.1 Å². The molecule has 128 valence electrons. The Bertz CT molecular complexity index is 699. The van der Waals surface area contributed by atoms with E-state index in [4.69, 9.17) is 10.5 Å². The highest BCUT2D eigenvalue weighted by molar-refractivity contribution is 5.98. The molecule has 24 heavy (non-hydrogen) atoms. The van der Waals surface area contributed by atoms with Crippen molar-refractivity contribution in [1.29, 1.82) is 0 Å². The fourth-order valence-electron chi connectivity index (χ4n) is 2.35. The molecule has 0 aliphatic heterocycles. The lowest BCUT2D eigenvalue weighted by atomic mass is 10.1. The lowest BCUT2D eigenvalue weighted by Gasteiger charge is -2.22. The standard InChI is InChI=1S/C19H23FN2O2/c1-13(2)12-24-16-7-4-14(5-8-16)11-22(3)18-9-6-15(20)10-17(18)19(21)23/h4-10,13H,11-12H2,1-3H3,(H2,21,23). The Morgan fingerprint density at radius 3 is 2.46 bits per heavy atom. The summed E-state index contributed by atoms with van der Waals surface area (Å²) in [7, 11) is 1.84. The molecule has 0 saturated heterocycles. The van der Waals surface area contributed by atoms with Crippen LogP contribution in [-0.2, 0) is 6.54 Å². The second-order valence-electron chi connectivity index (χ2n) is 6.23. The number of anilines is 1. The number of hydrogen-bond acceptors (Lipinski definition) is 3. The third kappa shape index (κ3) is 4.72. The van der Waals surface area contributed by atoms with Gasteiger partial charge in [-0.3, -0.25) is 4.79 Å². The summed E-state index contributed by atoms with van der Waals surface area (Å²) in [5, 5.41) is 0. The Balaban J connectivity index is 2.09. The predicted molar refractivity (Wildman–Crippen MR) is 93.8 cm³/mol. The van der Waals surface area contributed by atoms with E-state index in [0.717, 1.165) is 17.4 Å². The van der Waals surface area contributed by atoms with Crippen molar-refractivity contribution in [3.8, 4) is 5.75 Å². The number of benzene rings is 2. The molecule has 0 radical (unpaired) electrons. The summed E-state index contributed by atoms with van der Waals surface area (Å²) < 4.78 is 19.0. The molecule has 0 unspecified atom stereocenters. The fraction of sp³-hybridized carbons (Fsp3) is 0.316. The van der Waals surface area contributed by atoms with Crippen LogP contribution in [0.15, 0.2) is 42.5 Å². The number of ether oxygens (including phenoxy) is 1. The van der Waals surface area contributed by atoms with Gasteiger partial charge in [-0.25, -0.2) is 4.39 Å². The normalized spacial score (nSPS) is 10.7. The lowest BCUT2D eigenvalue weighted by molar-refractivity contribution is 0.100. The molecule has 0 aliphatic rings. The third-order valence-electron chi connectivity index (χ3n) is 3.56. The Hall–Kier alpha value is -2.56. The maximum absolute atomic E-state index is 13.3. The molecule has 0 atom stereocenters. The molecule has 0 spiro atoms. The number of rotatable bonds is 7. The van der Waals surface area contributed by atoms with Crippen LogP contribution in [0, 0.1) is 11.7 Å². The second kappa shape index (κ2) is 7.81. The molecule has 0 aromatic heterocycles. The van der Waals surface area contributed by atoms with Gasteiger partial charge in [-0.2, -0.15) is 0 Å². The van der Waals surface area contributed by atoms with Crippen molar-refractivity contribution in [1.82, 2.24) is 0 Å². The molecule has 5 heteroatoms. The van der Waals surface area contributed by atoms with Crippen LogP contribution in [0.3, 0.4) is 0 Å². The zero-order valence-corrected chi connectivity index (χ0v) is 14.3. The molecule has 0 aliphatic carbocycles. The lowest BCUT2D eigenvalue weighted by Crippen LogP contribution is -2.22. The summed E-state index contributed by atoms with van der Waals surface area (Å²) in [4.78, 5) is 13.4. The Morgan fingerprint density at radius 1 is 1.21 bits per heavy atom. The van der Waals surface area contributed by atoms with Gasteiger partial charge in [-0.1, -0.05) is 26.0 Å². The smallest absolute Gasteiger partial charge is 0.250 e. The van der Waals surface area contributed by atoms with E-state index >= 15 is 0 Å². The van der Waals surface area contributed by atoms with E-state index in [0.29, 0.717) is 24.8 Å². The van der Waals surface area contributed by atoms with E-state index in [-0.39, 0.29) is 5.56 Å². The largest absolute Gasteiger partial charge is 0.493 e. The minimum Gasteiger partial charge on any atom is -0.493 e. The van der Waals surface area contributed by atoms with E-state index in [1.54, 1.807) is 6.07 Å². The summed E-state index contributed by atoms with van der Waals surface area (Å²) >= 11 is 0. The van der Waals surface area contributed by atoms with Crippen molar-refractivity contribution >= 4 is 11.6 Å². The minimum absolute atomic E-state index is 0.175. The highest BCUT2D eigenvalue weighted by Crippen LogP contribution is 2.23. The van der Waals surface area contributed by atoms with Crippen molar-refractivity contribution in [2.24, 2.45) is 11.7 Å². The minimum atomic E-state index is -0.645. The number of halogens is 1. The van der Waals surface area contributed by atoms with E-state index in [1.807, 2.05) is 36.2 Å². The molecule has 1 amide bonds. The van der Waals surface area contributed by atoms with E-state index in [9.17, 15) is 9.18 Å². The molecular weight excluding hydrogens is 307 g/mol. The summed E-state index contributed by atoms with van der Waals surface area (Å²) in [5.74, 6) is 0.178. The van der Waals surface area contributed by atoms with E-state index in [1.165, 1.54) is 6.07 Å². The summed E-state index contributed by atoms with van der Waals surface area (Å²) in [6.07, 6.45) is 0.